The summed E-state index contributed by atoms with van der Waals surface area (Å²) in [6, 6.07) is 11.7. The maximum absolute atomic E-state index is 13.4. The van der Waals surface area contributed by atoms with Crippen LogP contribution < -0.4 is 4.90 Å². The van der Waals surface area contributed by atoms with E-state index in [0.717, 1.165) is 62.0 Å². The number of aryl methyl sites for hydroxylation is 2. The zero-order valence-corrected chi connectivity index (χ0v) is 18.7. The molecule has 2 aromatic rings. The van der Waals surface area contributed by atoms with E-state index in [1.165, 1.54) is 6.07 Å². The summed E-state index contributed by atoms with van der Waals surface area (Å²) in [5.41, 5.74) is 2.71. The fourth-order valence-electron chi connectivity index (χ4n) is 4.17. The summed E-state index contributed by atoms with van der Waals surface area (Å²) in [4.78, 5) is 10.2. The van der Waals surface area contributed by atoms with Crippen molar-refractivity contribution in [3.8, 4) is 0 Å². The maximum atomic E-state index is 13.4. The Morgan fingerprint density at radius 2 is 1.50 bits per heavy atom. The quantitative estimate of drug-likeness (QED) is 0.475. The van der Waals surface area contributed by atoms with Crippen LogP contribution in [0.15, 0.2) is 42.5 Å². The number of hydrogen-bond donors (Lipinski definition) is 0. The summed E-state index contributed by atoms with van der Waals surface area (Å²) in [6.07, 6.45) is -3.57. The molecule has 0 aromatic heterocycles. The van der Waals surface area contributed by atoms with Gasteiger partial charge in [0.15, 0.2) is 0 Å². The molecule has 0 saturated carbocycles. The van der Waals surface area contributed by atoms with E-state index in [1.807, 2.05) is 43.0 Å². The second-order valence-electron chi connectivity index (χ2n) is 8.29. The van der Waals surface area contributed by atoms with E-state index in [-0.39, 0.29) is 6.61 Å². The molecule has 0 amide bonds. The lowest BCUT2D eigenvalue weighted by Crippen LogP contribution is -2.47. The monoisotopic (exact) mass is 453 g/mol. The van der Waals surface area contributed by atoms with Crippen molar-refractivity contribution >= 4 is 11.4 Å². The number of halogens is 4. The Hall–Kier alpha value is -2.16. The third-order valence-corrected chi connectivity index (χ3v) is 6.04. The number of hydrogen-bond acceptors (Lipinski definition) is 4. The zero-order valence-electron chi connectivity index (χ0n) is 18.7. The number of anilines is 2. The van der Waals surface area contributed by atoms with Crippen LogP contribution in [0.4, 0.5) is 29.1 Å². The Kier molecular flexibility index (Phi) is 8.51. The Bertz CT molecular complexity index is 867. The zero-order chi connectivity index (χ0) is 23.1. The van der Waals surface area contributed by atoms with Crippen molar-refractivity contribution in [1.82, 2.24) is 9.80 Å². The molecule has 4 nitrogen and oxygen atoms in total. The van der Waals surface area contributed by atoms with Crippen LogP contribution in [0.3, 0.4) is 0 Å². The van der Waals surface area contributed by atoms with E-state index in [4.69, 9.17) is 0 Å². The summed E-state index contributed by atoms with van der Waals surface area (Å²) < 4.78 is 52.1. The molecule has 1 saturated heterocycles. The second-order valence-corrected chi connectivity index (χ2v) is 8.29. The first-order valence-electron chi connectivity index (χ1n) is 11.0. The van der Waals surface area contributed by atoms with Crippen LogP contribution in [0.25, 0.3) is 0 Å². The van der Waals surface area contributed by atoms with Gasteiger partial charge in [-0.2, -0.15) is 18.1 Å². The molecule has 0 atom stereocenters. The van der Waals surface area contributed by atoms with Crippen molar-refractivity contribution in [3.05, 3.63) is 59.2 Å². The van der Waals surface area contributed by atoms with Crippen molar-refractivity contribution in [2.45, 2.75) is 26.4 Å². The first-order chi connectivity index (χ1) is 15.3. The van der Waals surface area contributed by atoms with E-state index in [1.54, 1.807) is 6.07 Å². The molecular weight excluding hydrogens is 422 g/mol. The summed E-state index contributed by atoms with van der Waals surface area (Å²) in [6.45, 7) is 9.46. The molecule has 2 aromatic carbocycles. The first kappa shape index (κ1) is 24.5. The van der Waals surface area contributed by atoms with E-state index < -0.39 is 11.7 Å². The molecule has 8 heteroatoms. The minimum Gasteiger partial charge on any atom is -0.341 e. The molecule has 176 valence electrons. The van der Waals surface area contributed by atoms with E-state index in [0.29, 0.717) is 18.8 Å². The number of benzene rings is 2. The molecule has 1 heterocycles. The largest absolute Gasteiger partial charge is 0.416 e. The number of para-hydroxylation sites is 1. The van der Waals surface area contributed by atoms with Crippen LogP contribution in [0.2, 0.25) is 0 Å². The fourth-order valence-corrected chi connectivity index (χ4v) is 4.17. The Morgan fingerprint density at radius 1 is 0.875 bits per heavy atom. The molecular formula is C24H31F4N3O. The van der Waals surface area contributed by atoms with Crippen molar-refractivity contribution < 1.29 is 22.6 Å². The number of rotatable bonds is 9. The topological polar surface area (TPSA) is 19.0 Å². The van der Waals surface area contributed by atoms with Gasteiger partial charge in [-0.1, -0.05) is 24.3 Å². The average Bonchev–Trinajstić information content (AvgIpc) is 2.77. The predicted octanol–water partition coefficient (Wildman–Crippen LogP) is 5.37. The second kappa shape index (κ2) is 11.1. The Morgan fingerprint density at radius 3 is 2.12 bits per heavy atom. The van der Waals surface area contributed by atoms with Gasteiger partial charge >= 0.3 is 6.18 Å². The Labute approximate surface area is 187 Å². The van der Waals surface area contributed by atoms with Gasteiger partial charge in [-0.05, 0) is 60.7 Å². The molecule has 0 N–H and O–H groups in total. The number of alkyl halides is 3. The van der Waals surface area contributed by atoms with Crippen LogP contribution in [-0.4, -0.2) is 62.2 Å². The number of piperazine rings is 1. The molecule has 0 radical (unpaired) electrons. The standard InChI is InChI=1S/C24H31F4N3O/c1-19-6-3-4-7-22(19)31(23-18-21(24(25,26)27)9-8-20(23)2)11-5-10-29-12-14-30(15-13-29)16-17-32-28/h3-4,6-9,18H,5,10-17H2,1-2H3. The lowest BCUT2D eigenvalue weighted by molar-refractivity contribution is -0.137. The van der Waals surface area contributed by atoms with Crippen molar-refractivity contribution in [3.63, 3.8) is 0 Å². The van der Waals surface area contributed by atoms with Gasteiger partial charge in [0.1, 0.15) is 6.61 Å². The minimum absolute atomic E-state index is 0.0850. The van der Waals surface area contributed by atoms with Gasteiger partial charge in [0, 0.05) is 50.6 Å². The highest BCUT2D eigenvalue weighted by Crippen LogP contribution is 2.36. The summed E-state index contributed by atoms with van der Waals surface area (Å²) in [5.74, 6) is 0. The Balaban J connectivity index is 1.72. The van der Waals surface area contributed by atoms with E-state index >= 15 is 0 Å². The molecule has 1 aliphatic heterocycles. The van der Waals surface area contributed by atoms with Crippen molar-refractivity contribution in [1.29, 1.82) is 0 Å². The molecule has 0 spiro atoms. The molecule has 0 aliphatic carbocycles. The highest BCUT2D eigenvalue weighted by molar-refractivity contribution is 5.69. The van der Waals surface area contributed by atoms with Crippen LogP contribution in [-0.2, 0) is 11.1 Å². The SMILES string of the molecule is Cc1ccccc1N(CCCN1CCN(CCOF)CC1)c1cc(C(F)(F)F)ccc1C. The normalized spacial score (nSPS) is 15.8. The van der Waals surface area contributed by atoms with Gasteiger partial charge in [0.05, 0.1) is 5.56 Å². The third-order valence-electron chi connectivity index (χ3n) is 6.04. The van der Waals surface area contributed by atoms with Crippen molar-refractivity contribution in [2.75, 3.05) is 57.3 Å². The summed E-state index contributed by atoms with van der Waals surface area (Å²) >= 11 is 0. The summed E-state index contributed by atoms with van der Waals surface area (Å²) in [7, 11) is 0. The average molecular weight is 454 g/mol. The van der Waals surface area contributed by atoms with Gasteiger partial charge in [-0.25, -0.2) is 0 Å². The molecule has 1 fully saturated rings. The van der Waals surface area contributed by atoms with Crippen molar-refractivity contribution in [2.24, 2.45) is 0 Å². The highest BCUT2D eigenvalue weighted by Gasteiger charge is 2.31. The van der Waals surface area contributed by atoms with Gasteiger partial charge < -0.3 is 9.80 Å². The van der Waals surface area contributed by atoms with E-state index in [9.17, 15) is 17.7 Å². The first-order valence-corrected chi connectivity index (χ1v) is 11.0. The van der Waals surface area contributed by atoms with Gasteiger partial charge in [0.2, 0.25) is 0 Å². The van der Waals surface area contributed by atoms with Gasteiger partial charge in [0.25, 0.3) is 0 Å². The predicted molar refractivity (Wildman–Crippen MR) is 119 cm³/mol. The van der Waals surface area contributed by atoms with E-state index in [2.05, 4.69) is 14.7 Å². The third kappa shape index (κ3) is 6.43. The molecule has 1 aliphatic rings. The van der Waals surface area contributed by atoms with Crippen LogP contribution >= 0.6 is 0 Å². The molecule has 3 rings (SSSR count). The molecule has 0 bridgehead atoms. The number of nitrogens with zero attached hydrogens (tertiary/aromatic N) is 3. The minimum atomic E-state index is -4.38. The summed E-state index contributed by atoms with van der Waals surface area (Å²) in [5, 5.41) is 0. The fraction of sp³-hybridized carbons (Fsp3) is 0.500. The molecule has 32 heavy (non-hydrogen) atoms. The lowest BCUT2D eigenvalue weighted by atomic mass is 10.1. The lowest BCUT2D eigenvalue weighted by Gasteiger charge is -2.35. The maximum Gasteiger partial charge on any atom is 0.416 e. The van der Waals surface area contributed by atoms with Crippen LogP contribution in [0.5, 0.6) is 0 Å². The van der Waals surface area contributed by atoms with Gasteiger partial charge in [-0.15, -0.1) is 0 Å². The molecule has 0 unspecified atom stereocenters. The highest BCUT2D eigenvalue weighted by atomic mass is 19.4. The smallest absolute Gasteiger partial charge is 0.341 e. The van der Waals surface area contributed by atoms with Crippen LogP contribution in [0.1, 0.15) is 23.1 Å². The van der Waals surface area contributed by atoms with Gasteiger partial charge in [-0.3, -0.25) is 4.90 Å². The van der Waals surface area contributed by atoms with Crippen LogP contribution in [0, 0.1) is 13.8 Å².